The zero-order chi connectivity index (χ0) is 13.1. The summed E-state index contributed by atoms with van der Waals surface area (Å²) in [6.07, 6.45) is 3.08. The molecule has 2 N–H and O–H groups in total. The summed E-state index contributed by atoms with van der Waals surface area (Å²) in [4.78, 5) is 14.4. The van der Waals surface area contributed by atoms with E-state index in [9.17, 15) is 13.2 Å². The third-order valence-electron chi connectivity index (χ3n) is 2.32. The first kappa shape index (κ1) is 13.7. The molecule has 0 saturated heterocycles. The Hall–Kier alpha value is -1.41. The van der Waals surface area contributed by atoms with E-state index in [2.05, 4.69) is 9.71 Å². The number of hydrogen-bond donors (Lipinski definition) is 2. The summed E-state index contributed by atoms with van der Waals surface area (Å²) in [5, 5.41) is 8.68. The van der Waals surface area contributed by atoms with Crippen LogP contribution in [0.1, 0.15) is 13.3 Å². The molecule has 1 rings (SSSR count). The predicted octanol–water partition coefficient (Wildman–Crippen LogP) is -0.191. The summed E-state index contributed by atoms with van der Waals surface area (Å²) in [5.74, 6) is -1.75. The molecule has 0 spiro atoms. The van der Waals surface area contributed by atoms with Crippen molar-refractivity contribution in [1.29, 1.82) is 0 Å². The molecule has 1 atom stereocenters. The Labute approximate surface area is 99.5 Å². The van der Waals surface area contributed by atoms with Crippen LogP contribution in [0.25, 0.3) is 0 Å². The smallest absolute Gasteiger partial charge is 0.307 e. The van der Waals surface area contributed by atoms with Gasteiger partial charge < -0.3 is 9.67 Å². The first-order chi connectivity index (χ1) is 7.86. The lowest BCUT2D eigenvalue weighted by Gasteiger charge is -2.10. The van der Waals surface area contributed by atoms with E-state index >= 15 is 0 Å². The van der Waals surface area contributed by atoms with Crippen molar-refractivity contribution in [2.75, 3.05) is 6.54 Å². The van der Waals surface area contributed by atoms with Gasteiger partial charge in [-0.25, -0.2) is 18.1 Å². The van der Waals surface area contributed by atoms with Gasteiger partial charge in [0.25, 0.3) is 10.0 Å². The molecule has 7 nitrogen and oxygen atoms in total. The van der Waals surface area contributed by atoms with Gasteiger partial charge in [-0.3, -0.25) is 4.79 Å². The van der Waals surface area contributed by atoms with E-state index in [1.165, 1.54) is 17.1 Å². The van der Waals surface area contributed by atoms with Gasteiger partial charge in [0.2, 0.25) is 0 Å². The molecule has 96 valence electrons. The molecule has 0 amide bonds. The number of nitrogens with one attached hydrogen (secondary N) is 1. The SMILES string of the molecule is CCC(CNS(=O)(=O)c1cn(C)cn1)C(=O)O. The average Bonchev–Trinajstić information content (AvgIpc) is 2.66. The van der Waals surface area contributed by atoms with E-state index in [1.807, 2.05) is 0 Å². The number of carboxylic acid groups (broad SMARTS) is 1. The lowest BCUT2D eigenvalue weighted by atomic mass is 10.1. The van der Waals surface area contributed by atoms with Crippen LogP contribution in [0.2, 0.25) is 0 Å². The van der Waals surface area contributed by atoms with Crippen molar-refractivity contribution in [2.24, 2.45) is 13.0 Å². The second-order valence-electron chi connectivity index (χ2n) is 3.67. The van der Waals surface area contributed by atoms with Crippen LogP contribution in [0, 0.1) is 5.92 Å². The van der Waals surface area contributed by atoms with E-state index in [-0.39, 0.29) is 11.6 Å². The number of rotatable bonds is 6. The van der Waals surface area contributed by atoms with Crippen LogP contribution in [-0.2, 0) is 21.9 Å². The highest BCUT2D eigenvalue weighted by atomic mass is 32.2. The van der Waals surface area contributed by atoms with Gasteiger partial charge in [0.1, 0.15) is 0 Å². The minimum Gasteiger partial charge on any atom is -0.481 e. The topological polar surface area (TPSA) is 101 Å². The molecule has 1 aromatic heterocycles. The van der Waals surface area contributed by atoms with Crippen molar-refractivity contribution in [2.45, 2.75) is 18.4 Å². The monoisotopic (exact) mass is 261 g/mol. The van der Waals surface area contributed by atoms with Gasteiger partial charge in [-0.05, 0) is 6.42 Å². The second-order valence-corrected chi connectivity index (χ2v) is 5.39. The summed E-state index contributed by atoms with van der Waals surface area (Å²) in [6, 6.07) is 0. The third-order valence-corrected chi connectivity index (χ3v) is 3.63. The summed E-state index contributed by atoms with van der Waals surface area (Å²) < 4.78 is 27.2. The number of carboxylic acids is 1. The number of aryl methyl sites for hydroxylation is 1. The third kappa shape index (κ3) is 3.53. The molecule has 0 aliphatic heterocycles. The molecule has 0 aliphatic rings. The maximum Gasteiger partial charge on any atom is 0.307 e. The molecule has 1 heterocycles. The lowest BCUT2D eigenvalue weighted by molar-refractivity contribution is -0.141. The number of aliphatic carboxylic acids is 1. The highest BCUT2D eigenvalue weighted by molar-refractivity contribution is 7.89. The molecule has 0 bridgehead atoms. The number of hydrogen-bond acceptors (Lipinski definition) is 4. The van der Waals surface area contributed by atoms with Gasteiger partial charge >= 0.3 is 5.97 Å². The lowest BCUT2D eigenvalue weighted by Crippen LogP contribution is -2.32. The molecule has 8 heteroatoms. The van der Waals surface area contributed by atoms with Gasteiger partial charge in [-0.15, -0.1) is 0 Å². The zero-order valence-electron chi connectivity index (χ0n) is 9.62. The Morgan fingerprint density at radius 2 is 2.29 bits per heavy atom. The van der Waals surface area contributed by atoms with Gasteiger partial charge in [0.05, 0.1) is 12.2 Å². The second kappa shape index (κ2) is 5.28. The standard InChI is InChI=1S/C9H15N3O4S/c1-3-7(9(13)14)4-11-17(15,16)8-5-12(2)6-10-8/h5-7,11H,3-4H2,1-2H3,(H,13,14). The molecule has 17 heavy (non-hydrogen) atoms. The number of nitrogens with zero attached hydrogens (tertiary/aromatic N) is 2. The summed E-state index contributed by atoms with van der Waals surface area (Å²) in [5.41, 5.74) is 0. The van der Waals surface area contributed by atoms with E-state index in [4.69, 9.17) is 5.11 Å². The highest BCUT2D eigenvalue weighted by Gasteiger charge is 2.21. The van der Waals surface area contributed by atoms with Crippen molar-refractivity contribution in [3.63, 3.8) is 0 Å². The Kier molecular flexibility index (Phi) is 4.24. The molecule has 0 aromatic carbocycles. The first-order valence-corrected chi connectivity index (χ1v) is 6.55. The van der Waals surface area contributed by atoms with Crippen LogP contribution in [-0.4, -0.2) is 35.6 Å². The Balaban J connectivity index is 2.71. The fourth-order valence-corrected chi connectivity index (χ4v) is 2.28. The van der Waals surface area contributed by atoms with Crippen LogP contribution in [0.3, 0.4) is 0 Å². The van der Waals surface area contributed by atoms with Crippen molar-refractivity contribution in [1.82, 2.24) is 14.3 Å². The van der Waals surface area contributed by atoms with E-state index in [0.29, 0.717) is 6.42 Å². The fraction of sp³-hybridized carbons (Fsp3) is 0.556. The van der Waals surface area contributed by atoms with E-state index in [1.54, 1.807) is 14.0 Å². The summed E-state index contributed by atoms with van der Waals surface area (Å²) in [6.45, 7) is 1.55. The van der Waals surface area contributed by atoms with Gasteiger partial charge in [-0.1, -0.05) is 6.92 Å². The van der Waals surface area contributed by atoms with Crippen molar-refractivity contribution in [3.05, 3.63) is 12.5 Å². The number of imidazole rings is 1. The molecule has 0 aliphatic carbocycles. The van der Waals surface area contributed by atoms with Crippen LogP contribution in [0.4, 0.5) is 0 Å². The molecular weight excluding hydrogens is 246 g/mol. The van der Waals surface area contributed by atoms with Gasteiger partial charge in [0.15, 0.2) is 5.03 Å². The van der Waals surface area contributed by atoms with E-state index in [0.717, 1.165) is 0 Å². The number of sulfonamides is 1. The predicted molar refractivity (Wildman–Crippen MR) is 59.8 cm³/mol. The number of carbonyl (C=O) groups is 1. The first-order valence-electron chi connectivity index (χ1n) is 5.07. The Morgan fingerprint density at radius 3 is 2.71 bits per heavy atom. The molecule has 1 aromatic rings. The molecular formula is C9H15N3O4S. The van der Waals surface area contributed by atoms with Crippen molar-refractivity contribution in [3.8, 4) is 0 Å². The normalized spacial score (nSPS) is 13.5. The zero-order valence-corrected chi connectivity index (χ0v) is 10.4. The highest BCUT2D eigenvalue weighted by Crippen LogP contribution is 2.06. The van der Waals surface area contributed by atoms with Crippen molar-refractivity contribution < 1.29 is 18.3 Å². The quantitative estimate of drug-likeness (QED) is 0.739. The summed E-state index contributed by atoms with van der Waals surface area (Å²) >= 11 is 0. The minimum atomic E-state index is -3.72. The Bertz CT molecular complexity index is 494. The van der Waals surface area contributed by atoms with Gasteiger partial charge in [-0.2, -0.15) is 0 Å². The largest absolute Gasteiger partial charge is 0.481 e. The van der Waals surface area contributed by atoms with Crippen molar-refractivity contribution >= 4 is 16.0 Å². The Morgan fingerprint density at radius 1 is 1.65 bits per heavy atom. The molecule has 0 radical (unpaired) electrons. The van der Waals surface area contributed by atoms with Crippen LogP contribution in [0.15, 0.2) is 17.6 Å². The minimum absolute atomic E-state index is 0.111. The fourth-order valence-electron chi connectivity index (χ4n) is 1.22. The van der Waals surface area contributed by atoms with Gasteiger partial charge in [0, 0.05) is 19.8 Å². The molecule has 0 saturated carbocycles. The summed E-state index contributed by atoms with van der Waals surface area (Å²) in [7, 11) is -2.07. The molecule has 1 unspecified atom stereocenters. The van der Waals surface area contributed by atoms with E-state index < -0.39 is 21.9 Å². The van der Waals surface area contributed by atoms with Crippen LogP contribution >= 0.6 is 0 Å². The maximum absolute atomic E-state index is 11.7. The van der Waals surface area contributed by atoms with Crippen LogP contribution < -0.4 is 4.72 Å². The average molecular weight is 261 g/mol. The maximum atomic E-state index is 11.7. The molecule has 0 fully saturated rings. The number of aromatic nitrogens is 2. The van der Waals surface area contributed by atoms with Crippen LogP contribution in [0.5, 0.6) is 0 Å².